The molecule has 0 N–H and O–H groups in total. The molecular formula is C16H20O6. The smallest absolute Gasteiger partial charge is 0.330 e. The van der Waals surface area contributed by atoms with Crippen LogP contribution in [0.15, 0.2) is 27.6 Å². The van der Waals surface area contributed by atoms with E-state index >= 15 is 0 Å². The fraction of sp³-hybridized carbons (Fsp3) is 0.500. The zero-order valence-electron chi connectivity index (χ0n) is 12.6. The minimum absolute atomic E-state index is 0.182. The maximum atomic E-state index is 11.9. The lowest BCUT2D eigenvalue weighted by atomic mass is 10.2. The third kappa shape index (κ3) is 5.13. The van der Waals surface area contributed by atoms with Crippen LogP contribution < -0.4 is 5.43 Å². The van der Waals surface area contributed by atoms with Crippen LogP contribution in [0.4, 0.5) is 0 Å². The molecular weight excluding hydrogens is 288 g/mol. The van der Waals surface area contributed by atoms with Crippen molar-refractivity contribution in [3.8, 4) is 0 Å². The Balaban J connectivity index is 1.91. The quantitative estimate of drug-likeness (QED) is 0.593. The van der Waals surface area contributed by atoms with Crippen LogP contribution in [-0.2, 0) is 25.6 Å². The van der Waals surface area contributed by atoms with Gasteiger partial charge in [0.25, 0.3) is 0 Å². The van der Waals surface area contributed by atoms with E-state index in [2.05, 4.69) is 0 Å². The molecule has 0 bridgehead atoms. The maximum absolute atomic E-state index is 11.9. The molecule has 1 aliphatic heterocycles. The van der Waals surface area contributed by atoms with E-state index in [0.29, 0.717) is 12.4 Å². The van der Waals surface area contributed by atoms with Gasteiger partial charge in [-0.2, -0.15) is 0 Å². The molecule has 0 aromatic carbocycles. The summed E-state index contributed by atoms with van der Waals surface area (Å²) in [7, 11) is 0. The highest BCUT2D eigenvalue weighted by Crippen LogP contribution is 2.15. The second kappa shape index (κ2) is 8.51. The largest absolute Gasteiger partial charge is 0.466 e. The Kier molecular flexibility index (Phi) is 6.36. The highest BCUT2D eigenvalue weighted by molar-refractivity contribution is 5.86. The number of hydrogen-bond donors (Lipinski definition) is 0. The first-order valence-corrected chi connectivity index (χ1v) is 7.39. The fourth-order valence-corrected chi connectivity index (χ4v) is 2.02. The molecule has 1 fully saturated rings. The molecule has 0 spiro atoms. The molecule has 1 unspecified atom stereocenters. The molecule has 0 saturated carbocycles. The lowest BCUT2D eigenvalue weighted by Gasteiger charge is -2.22. The standard InChI is InChI=1S/C16H20O6/c1-2-19-15(18)7-6-12-10-21-13(9-14(12)17)11-22-16-5-3-4-8-20-16/h6-7,9-10,16H,2-5,8,11H2,1H3/b7-6+. The van der Waals surface area contributed by atoms with Crippen molar-refractivity contribution in [2.24, 2.45) is 0 Å². The lowest BCUT2D eigenvalue weighted by Crippen LogP contribution is -2.22. The van der Waals surface area contributed by atoms with Gasteiger partial charge in [-0.15, -0.1) is 0 Å². The van der Waals surface area contributed by atoms with E-state index < -0.39 is 5.97 Å². The van der Waals surface area contributed by atoms with E-state index in [-0.39, 0.29) is 30.5 Å². The Morgan fingerprint density at radius 2 is 2.32 bits per heavy atom. The second-order valence-electron chi connectivity index (χ2n) is 4.86. The first-order valence-electron chi connectivity index (χ1n) is 7.39. The summed E-state index contributed by atoms with van der Waals surface area (Å²) in [6, 6.07) is 1.35. The number of rotatable bonds is 6. The van der Waals surface area contributed by atoms with Crippen LogP contribution >= 0.6 is 0 Å². The predicted molar refractivity (Wildman–Crippen MR) is 79.0 cm³/mol. The Morgan fingerprint density at radius 1 is 1.45 bits per heavy atom. The number of esters is 1. The van der Waals surface area contributed by atoms with Crippen LogP contribution in [0.25, 0.3) is 6.08 Å². The molecule has 1 aromatic rings. The number of carbonyl (C=O) groups is 1. The summed E-state index contributed by atoms with van der Waals surface area (Å²) in [5, 5.41) is 0. The van der Waals surface area contributed by atoms with Gasteiger partial charge < -0.3 is 18.6 Å². The van der Waals surface area contributed by atoms with Crippen molar-refractivity contribution < 1.29 is 23.4 Å². The van der Waals surface area contributed by atoms with E-state index in [4.69, 9.17) is 18.6 Å². The number of hydrogen-bond acceptors (Lipinski definition) is 6. The van der Waals surface area contributed by atoms with Crippen LogP contribution in [0.2, 0.25) is 0 Å². The summed E-state index contributed by atoms with van der Waals surface area (Å²) in [6.45, 7) is 2.89. The monoisotopic (exact) mass is 308 g/mol. The predicted octanol–water partition coefficient (Wildman–Crippen LogP) is 2.26. The fourth-order valence-electron chi connectivity index (χ4n) is 2.02. The lowest BCUT2D eigenvalue weighted by molar-refractivity contribution is -0.171. The van der Waals surface area contributed by atoms with Gasteiger partial charge in [-0.25, -0.2) is 4.79 Å². The highest BCUT2D eigenvalue weighted by atomic mass is 16.7. The Bertz CT molecular complexity index is 568. The van der Waals surface area contributed by atoms with Gasteiger partial charge in [0, 0.05) is 18.7 Å². The molecule has 2 heterocycles. The van der Waals surface area contributed by atoms with Crippen molar-refractivity contribution in [1.29, 1.82) is 0 Å². The van der Waals surface area contributed by atoms with Crippen LogP contribution in [0.3, 0.4) is 0 Å². The minimum Gasteiger partial charge on any atom is -0.466 e. The van der Waals surface area contributed by atoms with Crippen molar-refractivity contribution in [2.45, 2.75) is 39.1 Å². The Morgan fingerprint density at radius 3 is 3.00 bits per heavy atom. The van der Waals surface area contributed by atoms with Gasteiger partial charge in [-0.05, 0) is 32.3 Å². The summed E-state index contributed by atoms with van der Waals surface area (Å²) in [6.07, 6.45) is 6.62. The van der Waals surface area contributed by atoms with E-state index in [1.807, 2.05) is 0 Å². The molecule has 0 amide bonds. The van der Waals surface area contributed by atoms with E-state index in [0.717, 1.165) is 19.3 Å². The molecule has 1 atom stereocenters. The van der Waals surface area contributed by atoms with Gasteiger partial charge in [-0.1, -0.05) is 0 Å². The number of carbonyl (C=O) groups excluding carboxylic acids is 1. The molecule has 6 nitrogen and oxygen atoms in total. The average molecular weight is 308 g/mol. The summed E-state index contributed by atoms with van der Waals surface area (Å²) < 4.78 is 21.1. The first kappa shape index (κ1) is 16.5. The molecule has 1 aliphatic rings. The van der Waals surface area contributed by atoms with Crippen molar-refractivity contribution in [3.63, 3.8) is 0 Å². The maximum Gasteiger partial charge on any atom is 0.330 e. The van der Waals surface area contributed by atoms with Crippen molar-refractivity contribution in [2.75, 3.05) is 13.2 Å². The third-order valence-electron chi connectivity index (χ3n) is 3.15. The van der Waals surface area contributed by atoms with E-state index in [1.54, 1.807) is 6.92 Å². The van der Waals surface area contributed by atoms with E-state index in [1.165, 1.54) is 24.5 Å². The Labute approximate surface area is 128 Å². The van der Waals surface area contributed by atoms with Crippen LogP contribution in [0, 0.1) is 0 Å². The zero-order valence-corrected chi connectivity index (χ0v) is 12.6. The van der Waals surface area contributed by atoms with Gasteiger partial charge in [0.05, 0.1) is 12.2 Å². The minimum atomic E-state index is -0.497. The van der Waals surface area contributed by atoms with Crippen LogP contribution in [-0.4, -0.2) is 25.5 Å². The molecule has 1 aromatic heterocycles. The van der Waals surface area contributed by atoms with Crippen LogP contribution in [0.5, 0.6) is 0 Å². The molecule has 0 aliphatic carbocycles. The summed E-state index contributed by atoms with van der Waals surface area (Å²) in [4.78, 5) is 23.1. The summed E-state index contributed by atoms with van der Waals surface area (Å²) in [5.74, 6) is -0.0729. The van der Waals surface area contributed by atoms with E-state index in [9.17, 15) is 9.59 Å². The van der Waals surface area contributed by atoms with Gasteiger partial charge >= 0.3 is 5.97 Å². The van der Waals surface area contributed by atoms with Crippen molar-refractivity contribution in [1.82, 2.24) is 0 Å². The normalized spacial score (nSPS) is 18.5. The van der Waals surface area contributed by atoms with Crippen molar-refractivity contribution >= 4 is 12.0 Å². The summed E-state index contributed by atoms with van der Waals surface area (Å²) in [5.41, 5.74) is 0.0423. The average Bonchev–Trinajstić information content (AvgIpc) is 2.53. The third-order valence-corrected chi connectivity index (χ3v) is 3.15. The molecule has 22 heavy (non-hydrogen) atoms. The van der Waals surface area contributed by atoms with Gasteiger partial charge in [0.15, 0.2) is 11.7 Å². The molecule has 2 rings (SSSR count). The topological polar surface area (TPSA) is 75.0 Å². The molecule has 0 radical (unpaired) electrons. The molecule has 120 valence electrons. The van der Waals surface area contributed by atoms with Crippen molar-refractivity contribution in [3.05, 3.63) is 40.0 Å². The van der Waals surface area contributed by atoms with Gasteiger partial charge in [0.2, 0.25) is 0 Å². The number of ether oxygens (including phenoxy) is 3. The second-order valence-corrected chi connectivity index (χ2v) is 4.86. The molecule has 6 heteroatoms. The SMILES string of the molecule is CCOC(=O)/C=C/c1coc(COC2CCCCO2)cc1=O. The zero-order chi connectivity index (χ0) is 15.8. The van der Waals surface area contributed by atoms with Gasteiger partial charge in [-0.3, -0.25) is 4.79 Å². The molecule has 1 saturated heterocycles. The first-order chi connectivity index (χ1) is 10.7. The highest BCUT2D eigenvalue weighted by Gasteiger charge is 2.14. The van der Waals surface area contributed by atoms with Crippen LogP contribution in [0.1, 0.15) is 37.5 Å². The Hall–Kier alpha value is -1.92. The van der Waals surface area contributed by atoms with Gasteiger partial charge in [0.1, 0.15) is 18.6 Å². The summed E-state index contributed by atoms with van der Waals surface area (Å²) >= 11 is 0.